The van der Waals surface area contributed by atoms with Crippen molar-refractivity contribution in [3.63, 3.8) is 0 Å². The Balaban J connectivity index is 1.71. The number of benzene rings is 3. The Morgan fingerprint density at radius 3 is 2.60 bits per heavy atom. The standard InChI is InChI=1S/C25H23ClN2O2/c1-28-23-12-16(30-11-5-4-10-29)8-9-18(23)25-21-15-27-14-20(21)19(13-24(25)28)17-6-2-3-7-22(17)26/h2-3,6-9,12-15,27,29H,4-5,10-11H2,1H3. The summed E-state index contributed by atoms with van der Waals surface area (Å²) in [6, 6.07) is 16.5. The van der Waals surface area contributed by atoms with E-state index in [-0.39, 0.29) is 6.61 Å². The van der Waals surface area contributed by atoms with E-state index in [1.165, 1.54) is 16.2 Å². The second-order valence-corrected chi connectivity index (χ2v) is 8.01. The van der Waals surface area contributed by atoms with E-state index < -0.39 is 0 Å². The summed E-state index contributed by atoms with van der Waals surface area (Å²) in [6.07, 6.45) is 5.71. The Morgan fingerprint density at radius 1 is 0.933 bits per heavy atom. The fraction of sp³-hybridized carbons (Fsp3) is 0.200. The average molecular weight is 419 g/mol. The fourth-order valence-corrected chi connectivity index (χ4v) is 4.53. The second-order valence-electron chi connectivity index (χ2n) is 7.60. The van der Waals surface area contributed by atoms with Crippen LogP contribution < -0.4 is 4.74 Å². The molecule has 0 fully saturated rings. The van der Waals surface area contributed by atoms with Crippen molar-refractivity contribution in [2.75, 3.05) is 13.2 Å². The predicted molar refractivity (Wildman–Crippen MR) is 125 cm³/mol. The van der Waals surface area contributed by atoms with Crippen LogP contribution in [0.3, 0.4) is 0 Å². The van der Waals surface area contributed by atoms with Crippen molar-refractivity contribution < 1.29 is 9.84 Å². The van der Waals surface area contributed by atoms with E-state index in [0.717, 1.165) is 51.2 Å². The number of nitrogens with one attached hydrogen (secondary N) is 1. The zero-order valence-corrected chi connectivity index (χ0v) is 17.5. The van der Waals surface area contributed by atoms with Crippen LogP contribution in [0.2, 0.25) is 5.02 Å². The molecule has 0 bridgehead atoms. The number of rotatable bonds is 6. The molecule has 2 aromatic heterocycles. The minimum Gasteiger partial charge on any atom is -0.494 e. The van der Waals surface area contributed by atoms with Crippen molar-refractivity contribution in [2.45, 2.75) is 12.8 Å². The molecule has 152 valence electrons. The zero-order valence-electron chi connectivity index (χ0n) is 16.8. The molecule has 0 aliphatic rings. The molecule has 0 amide bonds. The molecule has 5 rings (SSSR count). The van der Waals surface area contributed by atoms with Crippen LogP contribution in [-0.4, -0.2) is 27.9 Å². The number of fused-ring (bicyclic) bond motifs is 5. The highest BCUT2D eigenvalue weighted by molar-refractivity contribution is 6.34. The van der Waals surface area contributed by atoms with Crippen LogP contribution in [0, 0.1) is 0 Å². The summed E-state index contributed by atoms with van der Waals surface area (Å²) in [6.45, 7) is 0.806. The first kappa shape index (κ1) is 19.0. The highest BCUT2D eigenvalue weighted by Gasteiger charge is 2.17. The van der Waals surface area contributed by atoms with Gasteiger partial charge in [-0.15, -0.1) is 0 Å². The van der Waals surface area contributed by atoms with Crippen molar-refractivity contribution in [3.05, 3.63) is 65.9 Å². The van der Waals surface area contributed by atoms with Crippen LogP contribution in [0.5, 0.6) is 5.75 Å². The van der Waals surface area contributed by atoms with Crippen molar-refractivity contribution in [2.24, 2.45) is 7.05 Å². The Labute approximate surface area is 179 Å². The van der Waals surface area contributed by atoms with Crippen LogP contribution in [0.4, 0.5) is 0 Å². The molecule has 5 heteroatoms. The van der Waals surface area contributed by atoms with Crippen LogP contribution in [0.15, 0.2) is 60.9 Å². The summed E-state index contributed by atoms with van der Waals surface area (Å²) in [7, 11) is 2.09. The van der Waals surface area contributed by atoms with Gasteiger partial charge in [0.2, 0.25) is 0 Å². The molecule has 0 saturated carbocycles. The normalized spacial score (nSPS) is 11.7. The molecule has 5 aromatic rings. The highest BCUT2D eigenvalue weighted by Crippen LogP contribution is 2.41. The number of halogens is 1. The van der Waals surface area contributed by atoms with Crippen LogP contribution in [0.1, 0.15) is 12.8 Å². The molecule has 0 radical (unpaired) electrons. The van der Waals surface area contributed by atoms with E-state index in [1.807, 2.05) is 30.5 Å². The number of nitrogens with zero attached hydrogens (tertiary/aromatic N) is 1. The Hall–Kier alpha value is -2.95. The minimum atomic E-state index is 0.200. The summed E-state index contributed by atoms with van der Waals surface area (Å²) in [5.41, 5.74) is 4.44. The maximum atomic E-state index is 8.94. The third kappa shape index (κ3) is 3.04. The lowest BCUT2D eigenvalue weighted by atomic mass is 9.97. The summed E-state index contributed by atoms with van der Waals surface area (Å²) < 4.78 is 8.12. The van der Waals surface area contributed by atoms with Gasteiger partial charge in [-0.05, 0) is 42.7 Å². The summed E-state index contributed by atoms with van der Waals surface area (Å²) >= 11 is 6.54. The lowest BCUT2D eigenvalue weighted by Crippen LogP contribution is -1.98. The third-order valence-corrected chi connectivity index (χ3v) is 6.12. The van der Waals surface area contributed by atoms with E-state index >= 15 is 0 Å². The van der Waals surface area contributed by atoms with Crippen molar-refractivity contribution >= 4 is 44.2 Å². The van der Waals surface area contributed by atoms with Gasteiger partial charge in [-0.3, -0.25) is 0 Å². The van der Waals surface area contributed by atoms with Gasteiger partial charge < -0.3 is 19.4 Å². The van der Waals surface area contributed by atoms with Crippen molar-refractivity contribution in [3.8, 4) is 16.9 Å². The molecule has 0 aliphatic heterocycles. The Kier molecular flexibility index (Phi) is 4.89. The largest absolute Gasteiger partial charge is 0.494 e. The SMILES string of the molecule is Cn1c2cc(OCCCCO)ccc2c2c3c[nH]cc3c(-c3ccccc3Cl)cc21. The Bertz CT molecular complexity index is 1370. The number of aliphatic hydroxyl groups is 1. The summed E-state index contributed by atoms with van der Waals surface area (Å²) in [5, 5.41) is 14.5. The fourth-order valence-electron chi connectivity index (χ4n) is 4.29. The van der Waals surface area contributed by atoms with Gasteiger partial charge in [0, 0.05) is 64.2 Å². The van der Waals surface area contributed by atoms with Gasteiger partial charge in [-0.1, -0.05) is 29.8 Å². The predicted octanol–water partition coefficient (Wildman–Crippen LogP) is 6.28. The summed E-state index contributed by atoms with van der Waals surface area (Å²) in [5.74, 6) is 0.850. The van der Waals surface area contributed by atoms with E-state index in [1.54, 1.807) is 0 Å². The van der Waals surface area contributed by atoms with E-state index in [0.29, 0.717) is 6.61 Å². The number of H-pyrrole nitrogens is 1. The molecule has 3 aromatic carbocycles. The second kappa shape index (κ2) is 7.71. The van der Waals surface area contributed by atoms with Gasteiger partial charge in [0.15, 0.2) is 0 Å². The molecule has 4 nitrogen and oxygen atoms in total. The molecule has 30 heavy (non-hydrogen) atoms. The molecule has 2 heterocycles. The van der Waals surface area contributed by atoms with Crippen LogP contribution in [-0.2, 0) is 7.05 Å². The van der Waals surface area contributed by atoms with Gasteiger partial charge in [-0.2, -0.15) is 0 Å². The van der Waals surface area contributed by atoms with E-state index in [4.69, 9.17) is 21.4 Å². The van der Waals surface area contributed by atoms with Crippen LogP contribution in [0.25, 0.3) is 43.7 Å². The van der Waals surface area contributed by atoms with E-state index in [2.05, 4.69) is 47.1 Å². The number of ether oxygens (including phenoxy) is 1. The number of aryl methyl sites for hydroxylation is 1. The van der Waals surface area contributed by atoms with Crippen molar-refractivity contribution in [1.29, 1.82) is 0 Å². The number of aromatic amines is 1. The molecule has 0 saturated heterocycles. The molecule has 0 aliphatic carbocycles. The monoisotopic (exact) mass is 418 g/mol. The first-order chi connectivity index (χ1) is 14.7. The maximum absolute atomic E-state index is 8.94. The van der Waals surface area contributed by atoms with E-state index in [9.17, 15) is 0 Å². The van der Waals surface area contributed by atoms with Crippen LogP contribution >= 0.6 is 11.6 Å². The topological polar surface area (TPSA) is 50.2 Å². The maximum Gasteiger partial charge on any atom is 0.121 e. The number of unbranched alkanes of at least 4 members (excludes halogenated alkanes) is 1. The van der Waals surface area contributed by atoms with Gasteiger partial charge in [0.25, 0.3) is 0 Å². The van der Waals surface area contributed by atoms with Gasteiger partial charge in [-0.25, -0.2) is 0 Å². The number of hydrogen-bond acceptors (Lipinski definition) is 2. The molecular weight excluding hydrogens is 396 g/mol. The average Bonchev–Trinajstić information content (AvgIpc) is 3.35. The first-order valence-electron chi connectivity index (χ1n) is 10.2. The lowest BCUT2D eigenvalue weighted by molar-refractivity contribution is 0.253. The number of aromatic nitrogens is 2. The number of aliphatic hydroxyl groups excluding tert-OH is 1. The minimum absolute atomic E-state index is 0.200. The third-order valence-electron chi connectivity index (χ3n) is 5.79. The smallest absolute Gasteiger partial charge is 0.121 e. The van der Waals surface area contributed by atoms with Gasteiger partial charge in [0.1, 0.15) is 5.75 Å². The first-order valence-corrected chi connectivity index (χ1v) is 10.6. The molecule has 0 atom stereocenters. The lowest BCUT2D eigenvalue weighted by Gasteiger charge is -2.08. The molecule has 0 unspecified atom stereocenters. The number of hydrogen-bond donors (Lipinski definition) is 2. The summed E-state index contributed by atoms with van der Waals surface area (Å²) in [4.78, 5) is 3.29. The Morgan fingerprint density at radius 2 is 1.77 bits per heavy atom. The highest BCUT2D eigenvalue weighted by atomic mass is 35.5. The molecular formula is C25H23ClN2O2. The van der Waals surface area contributed by atoms with Gasteiger partial charge >= 0.3 is 0 Å². The van der Waals surface area contributed by atoms with Gasteiger partial charge in [0.05, 0.1) is 17.6 Å². The van der Waals surface area contributed by atoms with Crippen molar-refractivity contribution in [1.82, 2.24) is 9.55 Å². The molecule has 0 spiro atoms. The molecule has 2 N–H and O–H groups in total. The zero-order chi connectivity index (χ0) is 20.7. The quantitative estimate of drug-likeness (QED) is 0.318.